The van der Waals surface area contributed by atoms with E-state index in [1.807, 2.05) is 0 Å². The quantitative estimate of drug-likeness (QED) is 0.754. The molecule has 0 aliphatic carbocycles. The first kappa shape index (κ1) is 16.4. The van der Waals surface area contributed by atoms with Crippen molar-refractivity contribution in [3.63, 3.8) is 0 Å². The van der Waals surface area contributed by atoms with Crippen LogP contribution in [0.3, 0.4) is 0 Å². The Kier molecular flexibility index (Phi) is 6.10. The van der Waals surface area contributed by atoms with Gasteiger partial charge < -0.3 is 5.32 Å². The maximum absolute atomic E-state index is 12.8. The molecule has 21 heavy (non-hydrogen) atoms. The van der Waals surface area contributed by atoms with E-state index < -0.39 is 10.0 Å². The minimum Gasteiger partial charge on any atom is -0.314 e. The van der Waals surface area contributed by atoms with Gasteiger partial charge in [-0.05, 0) is 24.1 Å². The molecule has 1 aromatic carbocycles. The molecule has 0 aromatic heterocycles. The number of sulfonamides is 1. The SMILES string of the molecule is O=S(=O)(CCN1CCNCC1)NCCc1ccc(F)cc1. The van der Waals surface area contributed by atoms with E-state index in [9.17, 15) is 12.8 Å². The summed E-state index contributed by atoms with van der Waals surface area (Å²) in [5.41, 5.74) is 0.918. The number of nitrogens with zero attached hydrogens (tertiary/aromatic N) is 1. The van der Waals surface area contributed by atoms with Crippen LogP contribution in [0.2, 0.25) is 0 Å². The van der Waals surface area contributed by atoms with Crippen LogP contribution in [0.25, 0.3) is 0 Å². The molecule has 1 aliphatic heterocycles. The third-order valence-corrected chi connectivity index (χ3v) is 4.90. The maximum Gasteiger partial charge on any atom is 0.212 e. The highest BCUT2D eigenvalue weighted by Gasteiger charge is 2.14. The van der Waals surface area contributed by atoms with Crippen LogP contribution in [0.4, 0.5) is 4.39 Å². The summed E-state index contributed by atoms with van der Waals surface area (Å²) >= 11 is 0. The smallest absolute Gasteiger partial charge is 0.212 e. The monoisotopic (exact) mass is 315 g/mol. The Morgan fingerprint density at radius 3 is 2.52 bits per heavy atom. The summed E-state index contributed by atoms with van der Waals surface area (Å²) in [7, 11) is -3.25. The number of nitrogens with one attached hydrogen (secondary N) is 2. The third-order valence-electron chi connectivity index (χ3n) is 3.53. The molecule has 5 nitrogen and oxygen atoms in total. The lowest BCUT2D eigenvalue weighted by Crippen LogP contribution is -2.46. The average Bonchev–Trinajstić information content (AvgIpc) is 2.48. The first-order valence-electron chi connectivity index (χ1n) is 7.20. The molecule has 1 aliphatic rings. The molecule has 0 atom stereocenters. The maximum atomic E-state index is 12.8. The number of halogens is 1. The normalized spacial score (nSPS) is 17.0. The molecule has 7 heteroatoms. The van der Waals surface area contributed by atoms with Crippen molar-refractivity contribution < 1.29 is 12.8 Å². The second kappa shape index (κ2) is 7.84. The van der Waals surface area contributed by atoms with E-state index in [1.54, 1.807) is 12.1 Å². The second-order valence-electron chi connectivity index (χ2n) is 5.18. The van der Waals surface area contributed by atoms with Crippen LogP contribution in [-0.2, 0) is 16.4 Å². The van der Waals surface area contributed by atoms with Crippen molar-refractivity contribution in [2.75, 3.05) is 45.0 Å². The lowest BCUT2D eigenvalue weighted by atomic mass is 10.1. The van der Waals surface area contributed by atoms with Gasteiger partial charge in [0.1, 0.15) is 5.82 Å². The molecule has 118 valence electrons. The zero-order valence-corrected chi connectivity index (χ0v) is 12.8. The van der Waals surface area contributed by atoms with Gasteiger partial charge in [-0.2, -0.15) is 0 Å². The fraction of sp³-hybridized carbons (Fsp3) is 0.571. The van der Waals surface area contributed by atoms with Crippen molar-refractivity contribution in [3.8, 4) is 0 Å². The summed E-state index contributed by atoms with van der Waals surface area (Å²) in [6.07, 6.45) is 0.563. The van der Waals surface area contributed by atoms with Gasteiger partial charge in [0.15, 0.2) is 0 Å². The largest absolute Gasteiger partial charge is 0.314 e. The summed E-state index contributed by atoms with van der Waals surface area (Å²) in [4.78, 5) is 2.15. The van der Waals surface area contributed by atoms with Crippen LogP contribution in [0.15, 0.2) is 24.3 Å². The second-order valence-corrected chi connectivity index (χ2v) is 7.11. The fourth-order valence-corrected chi connectivity index (χ4v) is 3.31. The molecule has 2 rings (SSSR count). The molecule has 0 saturated carbocycles. The van der Waals surface area contributed by atoms with Gasteiger partial charge in [0.05, 0.1) is 5.75 Å². The molecule has 0 radical (unpaired) electrons. The molecule has 1 saturated heterocycles. The van der Waals surface area contributed by atoms with Crippen LogP contribution in [-0.4, -0.2) is 58.3 Å². The molecular weight excluding hydrogens is 293 g/mol. The lowest BCUT2D eigenvalue weighted by Gasteiger charge is -2.26. The van der Waals surface area contributed by atoms with Gasteiger partial charge in [-0.1, -0.05) is 12.1 Å². The molecule has 0 unspecified atom stereocenters. The minimum atomic E-state index is -3.25. The van der Waals surface area contributed by atoms with Crippen LogP contribution in [0.5, 0.6) is 0 Å². The van der Waals surface area contributed by atoms with E-state index >= 15 is 0 Å². The Bertz CT molecular complexity index is 528. The van der Waals surface area contributed by atoms with Gasteiger partial charge in [0.25, 0.3) is 0 Å². The lowest BCUT2D eigenvalue weighted by molar-refractivity contribution is 0.253. The van der Waals surface area contributed by atoms with E-state index in [2.05, 4.69) is 14.9 Å². The predicted octanol–water partition coefficient (Wildman–Crippen LogP) is 0.193. The summed E-state index contributed by atoms with van der Waals surface area (Å²) < 4.78 is 39.2. The zero-order valence-electron chi connectivity index (χ0n) is 12.0. The Morgan fingerprint density at radius 2 is 1.86 bits per heavy atom. The van der Waals surface area contributed by atoms with E-state index in [-0.39, 0.29) is 11.6 Å². The molecule has 1 heterocycles. The number of hydrogen-bond donors (Lipinski definition) is 2. The summed E-state index contributed by atoms with van der Waals surface area (Å²) in [5, 5.41) is 3.23. The molecule has 1 aromatic rings. The van der Waals surface area contributed by atoms with Crippen molar-refractivity contribution in [2.45, 2.75) is 6.42 Å². The van der Waals surface area contributed by atoms with Gasteiger partial charge in [-0.25, -0.2) is 17.5 Å². The molecule has 2 N–H and O–H groups in total. The number of piperazine rings is 1. The van der Waals surface area contributed by atoms with Crippen molar-refractivity contribution in [1.82, 2.24) is 14.9 Å². The topological polar surface area (TPSA) is 61.4 Å². The Labute approximate surface area is 125 Å². The van der Waals surface area contributed by atoms with Gasteiger partial charge in [0.2, 0.25) is 10.0 Å². The minimum absolute atomic E-state index is 0.121. The number of rotatable bonds is 7. The fourth-order valence-electron chi connectivity index (χ4n) is 2.26. The van der Waals surface area contributed by atoms with Gasteiger partial charge >= 0.3 is 0 Å². The Hall–Kier alpha value is -1.02. The van der Waals surface area contributed by atoms with E-state index in [1.165, 1.54) is 12.1 Å². The number of hydrogen-bond acceptors (Lipinski definition) is 4. The van der Waals surface area contributed by atoms with E-state index in [0.717, 1.165) is 31.7 Å². The molecule has 0 amide bonds. The Balaban J connectivity index is 1.69. The van der Waals surface area contributed by atoms with Crippen molar-refractivity contribution in [3.05, 3.63) is 35.6 Å². The van der Waals surface area contributed by atoms with Crippen molar-refractivity contribution in [2.24, 2.45) is 0 Å². The summed E-state index contributed by atoms with van der Waals surface area (Å²) in [5.74, 6) is -0.161. The summed E-state index contributed by atoms with van der Waals surface area (Å²) in [6, 6.07) is 6.11. The average molecular weight is 315 g/mol. The van der Waals surface area contributed by atoms with Crippen LogP contribution in [0.1, 0.15) is 5.56 Å². The van der Waals surface area contributed by atoms with Gasteiger partial charge in [-0.3, -0.25) is 4.90 Å². The molecular formula is C14H22FN3O2S. The van der Waals surface area contributed by atoms with E-state index in [4.69, 9.17) is 0 Å². The van der Waals surface area contributed by atoms with Gasteiger partial charge in [0, 0.05) is 39.3 Å². The Morgan fingerprint density at radius 1 is 1.19 bits per heavy atom. The zero-order chi connectivity index (χ0) is 15.1. The standard InChI is InChI=1S/C14H22FN3O2S/c15-14-3-1-13(2-4-14)5-6-17-21(19,20)12-11-18-9-7-16-8-10-18/h1-4,16-17H,5-12H2. The van der Waals surface area contributed by atoms with Crippen LogP contribution >= 0.6 is 0 Å². The third kappa shape index (κ3) is 6.09. The summed E-state index contributed by atoms with van der Waals surface area (Å²) in [6.45, 7) is 4.52. The highest BCUT2D eigenvalue weighted by atomic mass is 32.2. The van der Waals surface area contributed by atoms with Crippen LogP contribution < -0.4 is 10.0 Å². The number of benzene rings is 1. The van der Waals surface area contributed by atoms with Crippen molar-refractivity contribution in [1.29, 1.82) is 0 Å². The molecule has 1 fully saturated rings. The molecule has 0 spiro atoms. The van der Waals surface area contributed by atoms with Crippen LogP contribution in [0, 0.1) is 5.82 Å². The van der Waals surface area contributed by atoms with E-state index in [0.29, 0.717) is 19.5 Å². The van der Waals surface area contributed by atoms with Gasteiger partial charge in [-0.15, -0.1) is 0 Å². The highest BCUT2D eigenvalue weighted by molar-refractivity contribution is 7.89. The predicted molar refractivity (Wildman–Crippen MR) is 81.2 cm³/mol. The molecule has 0 bridgehead atoms. The van der Waals surface area contributed by atoms with Crippen molar-refractivity contribution >= 4 is 10.0 Å². The first-order chi connectivity index (χ1) is 10.1. The highest BCUT2D eigenvalue weighted by Crippen LogP contribution is 2.03. The first-order valence-corrected chi connectivity index (χ1v) is 8.85.